The standard InChI is InChI=1S/C19H19N5O5S/c1-13(25)21-15-7-9-17(10-8-15)30(27,28)24(2)11-18(26)22-16-5-3-14(4-6-16)19-23-20-12-29-19/h3-10,12H,11H2,1-2H3,(H,21,25)(H,22,26). The van der Waals surface area contributed by atoms with E-state index in [9.17, 15) is 18.0 Å². The van der Waals surface area contributed by atoms with E-state index in [2.05, 4.69) is 20.8 Å². The van der Waals surface area contributed by atoms with Crippen LogP contribution in [0.4, 0.5) is 11.4 Å². The zero-order valence-electron chi connectivity index (χ0n) is 16.2. The maximum Gasteiger partial charge on any atom is 0.247 e. The minimum atomic E-state index is -3.88. The predicted octanol–water partition coefficient (Wildman–Crippen LogP) is 1.95. The summed E-state index contributed by atoms with van der Waals surface area (Å²) in [4.78, 5) is 23.4. The van der Waals surface area contributed by atoms with Crippen molar-refractivity contribution >= 4 is 33.2 Å². The lowest BCUT2D eigenvalue weighted by molar-refractivity contribution is -0.116. The Bertz CT molecular complexity index is 1130. The van der Waals surface area contributed by atoms with E-state index in [-0.39, 0.29) is 17.3 Å². The van der Waals surface area contributed by atoms with Crippen LogP contribution in [-0.2, 0) is 19.6 Å². The summed E-state index contributed by atoms with van der Waals surface area (Å²) >= 11 is 0. The lowest BCUT2D eigenvalue weighted by Crippen LogP contribution is -2.34. The summed E-state index contributed by atoms with van der Waals surface area (Å²) in [5.41, 5.74) is 1.66. The van der Waals surface area contributed by atoms with Crippen LogP contribution in [0.3, 0.4) is 0 Å². The molecule has 1 heterocycles. The summed E-state index contributed by atoms with van der Waals surface area (Å²) in [5, 5.41) is 12.6. The van der Waals surface area contributed by atoms with E-state index < -0.39 is 15.9 Å². The second kappa shape index (κ2) is 8.84. The molecule has 0 atom stereocenters. The third-order valence-electron chi connectivity index (χ3n) is 4.02. The van der Waals surface area contributed by atoms with Gasteiger partial charge in [-0.15, -0.1) is 10.2 Å². The molecule has 0 unspecified atom stereocenters. The van der Waals surface area contributed by atoms with Gasteiger partial charge in [-0.3, -0.25) is 9.59 Å². The zero-order chi connectivity index (χ0) is 21.7. The molecule has 0 bridgehead atoms. The minimum Gasteiger partial charge on any atom is -0.423 e. The molecule has 0 saturated carbocycles. The van der Waals surface area contributed by atoms with Crippen LogP contribution in [0.2, 0.25) is 0 Å². The van der Waals surface area contributed by atoms with Crippen LogP contribution in [0.5, 0.6) is 0 Å². The Hall–Kier alpha value is -3.57. The van der Waals surface area contributed by atoms with Gasteiger partial charge in [-0.05, 0) is 48.5 Å². The number of sulfonamides is 1. The molecule has 0 fully saturated rings. The maximum absolute atomic E-state index is 12.7. The lowest BCUT2D eigenvalue weighted by Gasteiger charge is -2.17. The highest BCUT2D eigenvalue weighted by molar-refractivity contribution is 7.89. The molecule has 0 radical (unpaired) electrons. The van der Waals surface area contributed by atoms with Crippen molar-refractivity contribution in [1.29, 1.82) is 0 Å². The number of nitrogens with one attached hydrogen (secondary N) is 2. The molecule has 1 aromatic heterocycles. The van der Waals surface area contributed by atoms with Crippen LogP contribution < -0.4 is 10.6 Å². The molecule has 2 amide bonds. The number of rotatable bonds is 7. The molecule has 10 nitrogen and oxygen atoms in total. The van der Waals surface area contributed by atoms with Gasteiger partial charge >= 0.3 is 0 Å². The van der Waals surface area contributed by atoms with E-state index in [0.717, 1.165) is 4.31 Å². The summed E-state index contributed by atoms with van der Waals surface area (Å²) in [5.74, 6) is -0.408. The highest BCUT2D eigenvalue weighted by Crippen LogP contribution is 2.20. The number of amides is 2. The molecular formula is C19H19N5O5S. The van der Waals surface area contributed by atoms with Crippen molar-refractivity contribution < 1.29 is 22.4 Å². The summed E-state index contributed by atoms with van der Waals surface area (Å²) in [6, 6.07) is 12.4. The molecule has 3 aromatic rings. The van der Waals surface area contributed by atoms with Gasteiger partial charge in [0, 0.05) is 30.9 Å². The number of carbonyl (C=O) groups is 2. The summed E-state index contributed by atoms with van der Waals surface area (Å²) in [6.45, 7) is 0.983. The molecular weight excluding hydrogens is 410 g/mol. The van der Waals surface area contributed by atoms with E-state index in [4.69, 9.17) is 4.42 Å². The summed E-state index contributed by atoms with van der Waals surface area (Å²) in [6.07, 6.45) is 1.22. The first-order chi connectivity index (χ1) is 14.3. The van der Waals surface area contributed by atoms with E-state index in [1.807, 2.05) is 0 Å². The van der Waals surface area contributed by atoms with Gasteiger partial charge in [-0.25, -0.2) is 8.42 Å². The van der Waals surface area contributed by atoms with E-state index in [0.29, 0.717) is 22.8 Å². The van der Waals surface area contributed by atoms with Crippen LogP contribution in [-0.4, -0.2) is 48.3 Å². The molecule has 156 valence electrons. The first-order valence-corrected chi connectivity index (χ1v) is 10.2. The minimum absolute atomic E-state index is 0.0100. The van der Waals surface area contributed by atoms with Gasteiger partial charge in [0.25, 0.3) is 0 Å². The molecule has 0 aliphatic carbocycles. The quantitative estimate of drug-likeness (QED) is 0.586. The Kier molecular flexibility index (Phi) is 6.23. The SMILES string of the molecule is CC(=O)Nc1ccc(S(=O)(=O)N(C)CC(=O)Nc2ccc(-c3nnco3)cc2)cc1. The van der Waals surface area contributed by atoms with Crippen molar-refractivity contribution in [1.82, 2.24) is 14.5 Å². The van der Waals surface area contributed by atoms with Crippen molar-refractivity contribution in [3.63, 3.8) is 0 Å². The fraction of sp³-hybridized carbons (Fsp3) is 0.158. The van der Waals surface area contributed by atoms with Crippen molar-refractivity contribution in [2.24, 2.45) is 0 Å². The zero-order valence-corrected chi connectivity index (χ0v) is 17.0. The number of nitrogens with zero attached hydrogens (tertiary/aromatic N) is 3. The first kappa shape index (κ1) is 21.1. The largest absolute Gasteiger partial charge is 0.423 e. The average molecular weight is 429 g/mol. The molecule has 11 heteroatoms. The normalized spacial score (nSPS) is 11.3. The number of hydrogen-bond acceptors (Lipinski definition) is 7. The molecule has 0 saturated heterocycles. The highest BCUT2D eigenvalue weighted by atomic mass is 32.2. The molecule has 2 aromatic carbocycles. The monoisotopic (exact) mass is 429 g/mol. The van der Waals surface area contributed by atoms with Crippen LogP contribution in [0.1, 0.15) is 6.92 Å². The van der Waals surface area contributed by atoms with Crippen molar-refractivity contribution in [2.75, 3.05) is 24.2 Å². The number of benzene rings is 2. The summed E-state index contributed by atoms with van der Waals surface area (Å²) in [7, 11) is -2.56. The maximum atomic E-state index is 12.7. The second-order valence-electron chi connectivity index (χ2n) is 6.34. The Labute approximate surface area is 173 Å². The topological polar surface area (TPSA) is 134 Å². The van der Waals surface area contributed by atoms with Crippen LogP contribution in [0.25, 0.3) is 11.5 Å². The van der Waals surface area contributed by atoms with Crippen molar-refractivity contribution in [2.45, 2.75) is 11.8 Å². The number of likely N-dealkylation sites (N-methyl/N-ethyl adjacent to an activating group) is 1. The number of hydrogen-bond donors (Lipinski definition) is 2. The molecule has 30 heavy (non-hydrogen) atoms. The van der Waals surface area contributed by atoms with Gasteiger partial charge in [0.1, 0.15) is 0 Å². The molecule has 0 aliphatic rings. The summed E-state index contributed by atoms with van der Waals surface area (Å²) < 4.78 is 31.4. The van der Waals surface area contributed by atoms with Crippen molar-refractivity contribution in [3.05, 3.63) is 54.9 Å². The van der Waals surface area contributed by atoms with E-state index in [1.165, 1.54) is 44.6 Å². The molecule has 0 aliphatic heterocycles. The van der Waals surface area contributed by atoms with Crippen LogP contribution in [0, 0.1) is 0 Å². The average Bonchev–Trinajstić information content (AvgIpc) is 3.23. The first-order valence-electron chi connectivity index (χ1n) is 8.76. The smallest absolute Gasteiger partial charge is 0.247 e. The second-order valence-corrected chi connectivity index (χ2v) is 8.38. The van der Waals surface area contributed by atoms with E-state index in [1.54, 1.807) is 24.3 Å². The highest BCUT2D eigenvalue weighted by Gasteiger charge is 2.23. The van der Waals surface area contributed by atoms with Gasteiger partial charge in [-0.1, -0.05) is 0 Å². The third-order valence-corrected chi connectivity index (χ3v) is 5.84. The number of carbonyl (C=O) groups excluding carboxylic acids is 2. The van der Waals surface area contributed by atoms with E-state index >= 15 is 0 Å². The van der Waals surface area contributed by atoms with Crippen molar-refractivity contribution in [3.8, 4) is 11.5 Å². The van der Waals surface area contributed by atoms with Gasteiger partial charge in [-0.2, -0.15) is 4.31 Å². The Morgan fingerprint density at radius 1 is 1.00 bits per heavy atom. The molecule has 2 N–H and O–H groups in total. The third kappa shape index (κ3) is 5.07. The Morgan fingerprint density at radius 3 is 2.17 bits per heavy atom. The Morgan fingerprint density at radius 2 is 1.60 bits per heavy atom. The Balaban J connectivity index is 1.62. The number of anilines is 2. The fourth-order valence-corrected chi connectivity index (χ4v) is 3.70. The molecule has 0 spiro atoms. The van der Waals surface area contributed by atoms with Crippen LogP contribution >= 0.6 is 0 Å². The van der Waals surface area contributed by atoms with Crippen LogP contribution in [0.15, 0.2) is 64.2 Å². The van der Waals surface area contributed by atoms with Gasteiger partial charge < -0.3 is 15.1 Å². The number of aromatic nitrogens is 2. The fourth-order valence-electron chi connectivity index (χ4n) is 2.58. The predicted molar refractivity (Wildman–Crippen MR) is 109 cm³/mol. The van der Waals surface area contributed by atoms with Gasteiger partial charge in [0.15, 0.2) is 0 Å². The van der Waals surface area contributed by atoms with Gasteiger partial charge in [0.2, 0.25) is 34.1 Å². The van der Waals surface area contributed by atoms with Gasteiger partial charge in [0.05, 0.1) is 11.4 Å². The molecule has 3 rings (SSSR count). The lowest BCUT2D eigenvalue weighted by atomic mass is 10.2.